The van der Waals surface area contributed by atoms with Crippen LogP contribution in [0.15, 0.2) is 0 Å². The summed E-state index contributed by atoms with van der Waals surface area (Å²) in [5, 5.41) is -0.391. The van der Waals surface area contributed by atoms with Crippen LogP contribution in [0.25, 0.3) is 0 Å². The Balaban J connectivity index is 2.45. The molecule has 0 aromatic rings. The number of esters is 1. The van der Waals surface area contributed by atoms with Crippen LogP contribution in [0, 0.1) is 5.92 Å². The Bertz CT molecular complexity index is 440. The summed E-state index contributed by atoms with van der Waals surface area (Å²) in [6, 6.07) is 0. The Morgan fingerprint density at radius 3 is 2.50 bits per heavy atom. The maximum absolute atomic E-state index is 12.2. The number of carbonyl (C=O) groups is 2. The van der Waals surface area contributed by atoms with Crippen LogP contribution in [0.3, 0.4) is 0 Å². The van der Waals surface area contributed by atoms with Gasteiger partial charge in [-0.15, -0.1) is 0 Å². The fourth-order valence-electron chi connectivity index (χ4n) is 2.59. The zero-order chi connectivity index (χ0) is 15.2. The first-order chi connectivity index (χ1) is 9.35. The predicted molar refractivity (Wildman–Crippen MR) is 76.1 cm³/mol. The van der Waals surface area contributed by atoms with E-state index in [0.717, 1.165) is 12.8 Å². The Labute approximate surface area is 121 Å². The van der Waals surface area contributed by atoms with E-state index in [4.69, 9.17) is 4.74 Å². The van der Waals surface area contributed by atoms with Crippen molar-refractivity contribution in [3.8, 4) is 0 Å². The zero-order valence-electron chi connectivity index (χ0n) is 12.3. The van der Waals surface area contributed by atoms with Crippen molar-refractivity contribution < 1.29 is 22.7 Å². The standard InChI is InChI=1S/C14H24O5S/c1-3-19-14(16)8-7-12(15)10-20(17,18)13-6-4-5-11(2)9-13/h11,13H,3-10H2,1-2H3. The molecule has 0 amide bonds. The molecule has 0 N–H and O–H groups in total. The van der Waals surface area contributed by atoms with Gasteiger partial charge in [0.15, 0.2) is 9.84 Å². The lowest BCUT2D eigenvalue weighted by Gasteiger charge is -2.26. The van der Waals surface area contributed by atoms with E-state index in [0.29, 0.717) is 18.8 Å². The van der Waals surface area contributed by atoms with Crippen LogP contribution in [0.1, 0.15) is 52.4 Å². The molecule has 0 bridgehead atoms. The molecule has 1 aliphatic rings. The highest BCUT2D eigenvalue weighted by atomic mass is 32.2. The van der Waals surface area contributed by atoms with Crippen molar-refractivity contribution in [2.45, 2.75) is 57.6 Å². The lowest BCUT2D eigenvalue weighted by molar-refractivity contribution is -0.144. The minimum atomic E-state index is -3.38. The third-order valence-corrected chi connectivity index (χ3v) is 5.84. The number of rotatable bonds is 7. The van der Waals surface area contributed by atoms with Gasteiger partial charge in [-0.1, -0.05) is 19.8 Å². The topological polar surface area (TPSA) is 77.5 Å². The van der Waals surface area contributed by atoms with Gasteiger partial charge in [-0.2, -0.15) is 0 Å². The van der Waals surface area contributed by atoms with Crippen LogP contribution in [-0.4, -0.2) is 37.8 Å². The van der Waals surface area contributed by atoms with E-state index < -0.39 is 32.6 Å². The van der Waals surface area contributed by atoms with Gasteiger partial charge in [0.2, 0.25) is 0 Å². The Morgan fingerprint density at radius 2 is 1.90 bits per heavy atom. The van der Waals surface area contributed by atoms with Gasteiger partial charge in [0.1, 0.15) is 11.5 Å². The van der Waals surface area contributed by atoms with Crippen molar-refractivity contribution in [2.75, 3.05) is 12.4 Å². The second kappa shape index (κ2) is 7.76. The molecule has 1 aliphatic carbocycles. The van der Waals surface area contributed by atoms with Crippen LogP contribution in [0.4, 0.5) is 0 Å². The van der Waals surface area contributed by atoms with Crippen molar-refractivity contribution in [1.82, 2.24) is 0 Å². The van der Waals surface area contributed by atoms with Crippen molar-refractivity contribution in [3.63, 3.8) is 0 Å². The Morgan fingerprint density at radius 1 is 1.20 bits per heavy atom. The van der Waals surface area contributed by atoms with E-state index in [2.05, 4.69) is 0 Å². The second-order valence-electron chi connectivity index (χ2n) is 5.54. The zero-order valence-corrected chi connectivity index (χ0v) is 13.1. The number of carbonyl (C=O) groups excluding carboxylic acids is 2. The van der Waals surface area contributed by atoms with Crippen molar-refractivity contribution in [1.29, 1.82) is 0 Å². The number of hydrogen-bond acceptors (Lipinski definition) is 5. The van der Waals surface area contributed by atoms with Crippen molar-refractivity contribution in [2.24, 2.45) is 5.92 Å². The second-order valence-corrected chi connectivity index (χ2v) is 7.83. The highest BCUT2D eigenvalue weighted by molar-refractivity contribution is 7.92. The van der Waals surface area contributed by atoms with Crippen LogP contribution < -0.4 is 0 Å². The van der Waals surface area contributed by atoms with Gasteiger partial charge in [0.25, 0.3) is 0 Å². The maximum Gasteiger partial charge on any atom is 0.306 e. The summed E-state index contributed by atoms with van der Waals surface area (Å²) in [5.74, 6) is -0.886. The molecule has 116 valence electrons. The molecule has 2 unspecified atom stereocenters. The van der Waals surface area contributed by atoms with Crippen LogP contribution in [0.2, 0.25) is 0 Å². The van der Waals surface area contributed by atoms with Gasteiger partial charge in [-0.25, -0.2) is 8.42 Å². The van der Waals surface area contributed by atoms with Crippen LogP contribution in [-0.2, 0) is 24.2 Å². The molecule has 1 rings (SSSR count). The highest BCUT2D eigenvalue weighted by Crippen LogP contribution is 2.28. The summed E-state index contributed by atoms with van der Waals surface area (Å²) in [7, 11) is -3.38. The number of sulfone groups is 1. The van der Waals surface area contributed by atoms with Crippen molar-refractivity contribution in [3.05, 3.63) is 0 Å². The minimum Gasteiger partial charge on any atom is -0.466 e. The van der Waals surface area contributed by atoms with Crippen LogP contribution >= 0.6 is 0 Å². The first kappa shape index (κ1) is 17.1. The predicted octanol–water partition coefficient (Wildman–Crippen LogP) is 1.89. The molecule has 0 saturated heterocycles. The molecule has 0 aromatic heterocycles. The normalized spacial score (nSPS) is 23.3. The summed E-state index contributed by atoms with van der Waals surface area (Å²) in [5.41, 5.74) is 0. The number of ketones is 1. The van der Waals surface area contributed by atoms with Crippen molar-refractivity contribution >= 4 is 21.6 Å². The molecule has 0 spiro atoms. The van der Waals surface area contributed by atoms with E-state index in [1.807, 2.05) is 6.92 Å². The molecular weight excluding hydrogens is 280 g/mol. The van der Waals surface area contributed by atoms with Gasteiger partial charge >= 0.3 is 5.97 Å². The first-order valence-electron chi connectivity index (χ1n) is 7.24. The summed E-state index contributed by atoms with van der Waals surface area (Å²) in [6.45, 7) is 4.00. The summed E-state index contributed by atoms with van der Waals surface area (Å²) < 4.78 is 29.1. The Kier molecular flexibility index (Phi) is 6.65. The highest BCUT2D eigenvalue weighted by Gasteiger charge is 2.31. The van der Waals surface area contributed by atoms with Gasteiger partial charge in [0, 0.05) is 6.42 Å². The minimum absolute atomic E-state index is 0.0384. The first-order valence-corrected chi connectivity index (χ1v) is 8.95. The number of ether oxygens (including phenoxy) is 1. The summed E-state index contributed by atoms with van der Waals surface area (Å²) in [6.07, 6.45) is 3.17. The summed E-state index contributed by atoms with van der Waals surface area (Å²) in [4.78, 5) is 22.8. The molecule has 1 fully saturated rings. The molecule has 0 aromatic carbocycles. The molecule has 2 atom stereocenters. The molecule has 5 nitrogen and oxygen atoms in total. The fourth-order valence-corrected chi connectivity index (χ4v) is 4.57. The molecule has 20 heavy (non-hydrogen) atoms. The van der Waals surface area contributed by atoms with E-state index in [-0.39, 0.29) is 19.4 Å². The largest absolute Gasteiger partial charge is 0.466 e. The van der Waals surface area contributed by atoms with Gasteiger partial charge < -0.3 is 4.74 Å². The fraction of sp³-hybridized carbons (Fsp3) is 0.857. The SMILES string of the molecule is CCOC(=O)CCC(=O)CS(=O)(=O)C1CCCC(C)C1. The Hall–Kier alpha value is -0.910. The lowest BCUT2D eigenvalue weighted by atomic mass is 9.91. The third-order valence-electron chi connectivity index (χ3n) is 3.67. The third kappa shape index (κ3) is 5.61. The van der Waals surface area contributed by atoms with Gasteiger partial charge in [0.05, 0.1) is 18.3 Å². The molecule has 0 aliphatic heterocycles. The lowest BCUT2D eigenvalue weighted by Crippen LogP contribution is -2.32. The van der Waals surface area contributed by atoms with E-state index in [1.165, 1.54) is 0 Å². The molecule has 6 heteroatoms. The summed E-state index contributed by atoms with van der Waals surface area (Å²) >= 11 is 0. The van der Waals surface area contributed by atoms with E-state index in [1.54, 1.807) is 6.92 Å². The smallest absolute Gasteiger partial charge is 0.306 e. The molecule has 0 radical (unpaired) electrons. The quantitative estimate of drug-likeness (QED) is 0.671. The van der Waals surface area contributed by atoms with Gasteiger partial charge in [-0.05, 0) is 25.7 Å². The molecular formula is C14H24O5S. The van der Waals surface area contributed by atoms with E-state index >= 15 is 0 Å². The number of hydrogen-bond donors (Lipinski definition) is 0. The average Bonchev–Trinajstić information content (AvgIpc) is 2.36. The maximum atomic E-state index is 12.2. The average molecular weight is 304 g/mol. The van der Waals surface area contributed by atoms with Gasteiger partial charge in [-0.3, -0.25) is 9.59 Å². The number of Topliss-reactive ketones (excluding diaryl/α,β-unsaturated/α-hetero) is 1. The van der Waals surface area contributed by atoms with Crippen LogP contribution in [0.5, 0.6) is 0 Å². The van der Waals surface area contributed by atoms with E-state index in [9.17, 15) is 18.0 Å². The molecule has 0 heterocycles. The monoisotopic (exact) mass is 304 g/mol. The molecule has 1 saturated carbocycles.